The Bertz CT molecular complexity index is 989. The van der Waals surface area contributed by atoms with E-state index in [1.54, 1.807) is 12.5 Å². The van der Waals surface area contributed by atoms with Gasteiger partial charge in [-0.05, 0) is 49.9 Å². The maximum atomic E-state index is 12.6. The summed E-state index contributed by atoms with van der Waals surface area (Å²) in [5, 5.41) is 16.4. The van der Waals surface area contributed by atoms with Crippen molar-refractivity contribution in [2.24, 2.45) is 0 Å². The molecule has 7 nitrogen and oxygen atoms in total. The zero-order chi connectivity index (χ0) is 20.2. The van der Waals surface area contributed by atoms with Gasteiger partial charge in [-0.2, -0.15) is 5.10 Å². The first-order chi connectivity index (χ1) is 14.1. The lowest BCUT2D eigenvalue weighted by molar-refractivity contribution is -0.113. The number of thioether (sulfide) groups is 1. The monoisotopic (exact) mass is 410 g/mol. The molecule has 1 aliphatic rings. The van der Waals surface area contributed by atoms with Crippen LogP contribution in [0, 0.1) is 13.8 Å². The number of amides is 1. The van der Waals surface area contributed by atoms with Gasteiger partial charge in [0.1, 0.15) is 12.1 Å². The van der Waals surface area contributed by atoms with E-state index in [9.17, 15) is 4.79 Å². The van der Waals surface area contributed by atoms with Crippen LogP contribution < -0.4 is 5.32 Å². The van der Waals surface area contributed by atoms with E-state index in [0.717, 1.165) is 24.3 Å². The van der Waals surface area contributed by atoms with Crippen molar-refractivity contribution < 1.29 is 4.79 Å². The van der Waals surface area contributed by atoms with Crippen LogP contribution in [0.4, 0.5) is 5.82 Å². The molecule has 0 saturated heterocycles. The third kappa shape index (κ3) is 4.53. The number of carbonyl (C=O) groups is 1. The Morgan fingerprint density at radius 3 is 2.79 bits per heavy atom. The average molecular weight is 411 g/mol. The van der Waals surface area contributed by atoms with Gasteiger partial charge in [0.2, 0.25) is 5.91 Å². The summed E-state index contributed by atoms with van der Waals surface area (Å²) >= 11 is 1.38. The highest BCUT2D eigenvalue weighted by atomic mass is 32.2. The van der Waals surface area contributed by atoms with Crippen LogP contribution in [0.1, 0.15) is 49.3 Å². The van der Waals surface area contributed by atoms with E-state index in [-0.39, 0.29) is 11.7 Å². The highest BCUT2D eigenvalue weighted by Gasteiger charge is 2.19. The number of rotatable bonds is 6. The molecule has 0 aliphatic heterocycles. The van der Waals surface area contributed by atoms with Crippen LogP contribution in [0.3, 0.4) is 0 Å². The molecule has 0 radical (unpaired) electrons. The average Bonchev–Trinajstić information content (AvgIpc) is 3.38. The lowest BCUT2D eigenvalue weighted by Gasteiger charge is -2.23. The molecule has 29 heavy (non-hydrogen) atoms. The van der Waals surface area contributed by atoms with Gasteiger partial charge in [-0.25, -0.2) is 4.68 Å². The Morgan fingerprint density at radius 1 is 1.17 bits per heavy atom. The number of nitrogens with zero attached hydrogens (tertiary/aromatic N) is 5. The number of aromatic nitrogens is 5. The fourth-order valence-electron chi connectivity index (χ4n) is 3.71. The van der Waals surface area contributed by atoms with Crippen LogP contribution in [0.5, 0.6) is 0 Å². The molecule has 0 spiro atoms. The molecule has 1 saturated carbocycles. The minimum atomic E-state index is -0.0674. The molecule has 0 bridgehead atoms. The Labute approximate surface area is 174 Å². The molecular formula is C21H26N6OS. The highest BCUT2D eigenvalue weighted by molar-refractivity contribution is 7.99. The molecular weight excluding hydrogens is 384 g/mol. The summed E-state index contributed by atoms with van der Waals surface area (Å²) in [6, 6.07) is 8.48. The SMILES string of the molecule is Cc1ccc(-n2cnnc2SCC(=O)Nc2ccnn2C2CCCCC2)cc1C. The molecule has 1 aliphatic carbocycles. The van der Waals surface area contributed by atoms with E-state index in [2.05, 4.69) is 46.6 Å². The number of aryl methyl sites for hydroxylation is 2. The third-order valence-corrected chi connectivity index (χ3v) is 6.42. The maximum absolute atomic E-state index is 12.6. The van der Waals surface area contributed by atoms with Crippen molar-refractivity contribution in [3.8, 4) is 5.69 Å². The summed E-state index contributed by atoms with van der Waals surface area (Å²) in [5.74, 6) is 0.972. The van der Waals surface area contributed by atoms with Crippen LogP contribution in [0.15, 0.2) is 41.9 Å². The molecule has 8 heteroatoms. The molecule has 1 fully saturated rings. The largest absolute Gasteiger partial charge is 0.310 e. The zero-order valence-electron chi connectivity index (χ0n) is 16.8. The van der Waals surface area contributed by atoms with Crippen molar-refractivity contribution in [2.45, 2.75) is 57.1 Å². The predicted molar refractivity (Wildman–Crippen MR) is 115 cm³/mol. The zero-order valence-corrected chi connectivity index (χ0v) is 17.7. The molecule has 1 aromatic carbocycles. The normalized spacial score (nSPS) is 14.8. The minimum Gasteiger partial charge on any atom is -0.310 e. The first-order valence-corrected chi connectivity index (χ1v) is 11.0. The summed E-state index contributed by atoms with van der Waals surface area (Å²) in [7, 11) is 0. The molecule has 0 unspecified atom stereocenters. The second kappa shape index (κ2) is 8.82. The molecule has 2 heterocycles. The fraction of sp³-hybridized carbons (Fsp3) is 0.429. The van der Waals surface area contributed by atoms with Gasteiger partial charge in [0.15, 0.2) is 5.16 Å². The molecule has 4 rings (SSSR count). The molecule has 3 aromatic rings. The number of hydrogen-bond acceptors (Lipinski definition) is 5. The van der Waals surface area contributed by atoms with Crippen LogP contribution in [-0.4, -0.2) is 36.2 Å². The summed E-state index contributed by atoms with van der Waals surface area (Å²) in [4.78, 5) is 12.6. The lowest BCUT2D eigenvalue weighted by Crippen LogP contribution is -2.21. The first kappa shape index (κ1) is 19.7. The van der Waals surface area contributed by atoms with Crippen LogP contribution in [-0.2, 0) is 4.79 Å². The maximum Gasteiger partial charge on any atom is 0.235 e. The standard InChI is InChI=1S/C21H26N6OS/c1-15-8-9-18(12-16(15)2)26-14-22-25-21(26)29-13-20(28)24-19-10-11-23-27(19)17-6-4-3-5-7-17/h8-12,14,17H,3-7,13H2,1-2H3,(H,24,28). The predicted octanol–water partition coefficient (Wildman–Crippen LogP) is 4.32. The van der Waals surface area contributed by atoms with Crippen LogP contribution >= 0.6 is 11.8 Å². The van der Waals surface area contributed by atoms with E-state index in [1.165, 1.54) is 42.2 Å². The van der Waals surface area contributed by atoms with Crippen LogP contribution in [0.25, 0.3) is 5.69 Å². The Hall–Kier alpha value is -2.61. The molecule has 1 N–H and O–H groups in total. The van der Waals surface area contributed by atoms with Gasteiger partial charge < -0.3 is 5.32 Å². The van der Waals surface area contributed by atoms with E-state index >= 15 is 0 Å². The third-order valence-electron chi connectivity index (χ3n) is 5.48. The second-order valence-electron chi connectivity index (χ2n) is 7.54. The molecule has 1 amide bonds. The van der Waals surface area contributed by atoms with Gasteiger partial charge >= 0.3 is 0 Å². The van der Waals surface area contributed by atoms with Crippen LogP contribution in [0.2, 0.25) is 0 Å². The number of anilines is 1. The van der Waals surface area contributed by atoms with Crippen molar-refractivity contribution >= 4 is 23.5 Å². The number of carbonyl (C=O) groups excluding carboxylic acids is 1. The van der Waals surface area contributed by atoms with Gasteiger partial charge in [0, 0.05) is 11.8 Å². The lowest BCUT2D eigenvalue weighted by atomic mass is 9.96. The molecule has 0 atom stereocenters. The smallest absolute Gasteiger partial charge is 0.235 e. The topological polar surface area (TPSA) is 77.6 Å². The minimum absolute atomic E-state index is 0.0674. The van der Waals surface area contributed by atoms with Crippen molar-refractivity contribution in [3.05, 3.63) is 47.9 Å². The van der Waals surface area contributed by atoms with E-state index in [4.69, 9.17) is 0 Å². The molecule has 152 valence electrons. The van der Waals surface area contributed by atoms with Crippen molar-refractivity contribution in [2.75, 3.05) is 11.1 Å². The Kier molecular flexibility index (Phi) is 5.99. The fourth-order valence-corrected chi connectivity index (χ4v) is 4.44. The van der Waals surface area contributed by atoms with Crippen molar-refractivity contribution in [1.29, 1.82) is 0 Å². The molecule has 2 aromatic heterocycles. The number of nitrogens with one attached hydrogen (secondary N) is 1. The van der Waals surface area contributed by atoms with E-state index < -0.39 is 0 Å². The summed E-state index contributed by atoms with van der Waals surface area (Å²) in [5.41, 5.74) is 3.45. The van der Waals surface area contributed by atoms with Crippen molar-refractivity contribution in [1.82, 2.24) is 24.5 Å². The van der Waals surface area contributed by atoms with Gasteiger partial charge in [0.25, 0.3) is 0 Å². The number of hydrogen-bond donors (Lipinski definition) is 1. The Balaban J connectivity index is 1.39. The van der Waals surface area contributed by atoms with Gasteiger partial charge in [0.05, 0.1) is 18.0 Å². The highest BCUT2D eigenvalue weighted by Crippen LogP contribution is 2.30. The summed E-state index contributed by atoms with van der Waals surface area (Å²) < 4.78 is 3.88. The first-order valence-electron chi connectivity index (χ1n) is 10.1. The number of benzene rings is 1. The quantitative estimate of drug-likeness (QED) is 0.613. The van der Waals surface area contributed by atoms with Crippen molar-refractivity contribution in [3.63, 3.8) is 0 Å². The Morgan fingerprint density at radius 2 is 2.00 bits per heavy atom. The van der Waals surface area contributed by atoms with Gasteiger partial charge in [-0.3, -0.25) is 9.36 Å². The van der Waals surface area contributed by atoms with E-state index in [1.807, 2.05) is 21.4 Å². The van der Waals surface area contributed by atoms with E-state index in [0.29, 0.717) is 11.2 Å². The summed E-state index contributed by atoms with van der Waals surface area (Å²) in [6.07, 6.45) is 9.42. The second-order valence-corrected chi connectivity index (χ2v) is 8.48. The summed E-state index contributed by atoms with van der Waals surface area (Å²) in [6.45, 7) is 4.17. The van der Waals surface area contributed by atoms with Gasteiger partial charge in [-0.1, -0.05) is 37.1 Å². The van der Waals surface area contributed by atoms with Gasteiger partial charge in [-0.15, -0.1) is 10.2 Å².